The van der Waals surface area contributed by atoms with Crippen molar-refractivity contribution < 1.29 is 53.4 Å². The van der Waals surface area contributed by atoms with E-state index in [1.165, 1.54) is 26.4 Å². The summed E-state index contributed by atoms with van der Waals surface area (Å²) in [4.78, 5) is 58.9. The van der Waals surface area contributed by atoms with Crippen LogP contribution in [0.1, 0.15) is 88.0 Å². The summed E-state index contributed by atoms with van der Waals surface area (Å²) in [7, 11) is 1.45. The van der Waals surface area contributed by atoms with Gasteiger partial charge in [0.2, 0.25) is 0 Å². The normalized spacial score (nSPS) is 38.9. The first kappa shape index (κ1) is 49.5. The van der Waals surface area contributed by atoms with Crippen LogP contribution in [0.5, 0.6) is 0 Å². The van der Waals surface area contributed by atoms with Crippen LogP contribution < -0.4 is 10.6 Å². The minimum absolute atomic E-state index is 0.0157. The topological polar surface area (TPSA) is 196 Å². The van der Waals surface area contributed by atoms with E-state index in [-0.39, 0.29) is 34.7 Å². The van der Waals surface area contributed by atoms with E-state index in [2.05, 4.69) is 41.9 Å². The lowest BCUT2D eigenvalue weighted by atomic mass is 9.77. The van der Waals surface area contributed by atoms with Gasteiger partial charge < -0.3 is 49.8 Å². The molecule has 0 saturated carbocycles. The van der Waals surface area contributed by atoms with Crippen molar-refractivity contribution in [2.24, 2.45) is 29.6 Å². The minimum Gasteiger partial charge on any atom is -0.462 e. The third kappa shape index (κ3) is 9.77. The number of nitrogens with one attached hydrogen (secondary N) is 2. The smallest absolute Gasteiger partial charge is 0.383 e. The molecule has 63 heavy (non-hydrogen) atoms. The van der Waals surface area contributed by atoms with Crippen LogP contribution >= 0.6 is 0 Å². The van der Waals surface area contributed by atoms with Crippen LogP contribution in [-0.4, -0.2) is 123 Å². The van der Waals surface area contributed by atoms with E-state index in [1.807, 2.05) is 11.8 Å². The summed E-state index contributed by atoms with van der Waals surface area (Å²) in [6.07, 6.45) is 10.7. The number of aliphatic hydroxyl groups is 3. The highest BCUT2D eigenvalue weighted by molar-refractivity contribution is 6.08. The fraction of sp³-hybridized carbons (Fsp3) is 0.625. The Kier molecular flexibility index (Phi) is 15.4. The van der Waals surface area contributed by atoms with Crippen molar-refractivity contribution in [2.75, 3.05) is 33.3 Å². The molecule has 0 radical (unpaired) electrons. The quantitative estimate of drug-likeness (QED) is 0.152. The Labute approximate surface area is 372 Å². The number of hydrogen-bond acceptors (Lipinski definition) is 14. The first-order valence-corrected chi connectivity index (χ1v) is 22.1. The van der Waals surface area contributed by atoms with Gasteiger partial charge in [-0.3, -0.25) is 19.2 Å². The number of rotatable bonds is 5. The molecule has 1 amide bonds. The lowest BCUT2D eigenvalue weighted by Crippen LogP contribution is -2.66. The van der Waals surface area contributed by atoms with Crippen LogP contribution in [0.3, 0.4) is 0 Å². The van der Waals surface area contributed by atoms with E-state index < -0.39 is 95.1 Å². The molecule has 5 heterocycles. The number of esters is 1. The monoisotopic (exact) mass is 876 g/mol. The maximum absolute atomic E-state index is 14.3. The molecule has 5 aliphatic rings. The van der Waals surface area contributed by atoms with Gasteiger partial charge in [0.1, 0.15) is 17.6 Å². The summed E-state index contributed by atoms with van der Waals surface area (Å²) in [6.45, 7) is 22.2. The molecule has 0 aromatic heterocycles. The lowest BCUT2D eigenvalue weighted by molar-refractivity contribution is -0.162. The van der Waals surface area contributed by atoms with Crippen molar-refractivity contribution in [3.05, 3.63) is 71.0 Å². The molecule has 11 atom stereocenters. The van der Waals surface area contributed by atoms with Gasteiger partial charge in [-0.1, -0.05) is 66.3 Å². The minimum atomic E-state index is -2.36. The molecular formula is C48H68N4O11. The highest BCUT2D eigenvalue weighted by atomic mass is 16.7. The number of carbonyl (C=O) groups excluding carboxylic acids is 4. The molecule has 2 unspecified atom stereocenters. The van der Waals surface area contributed by atoms with Gasteiger partial charge in [0.05, 0.1) is 47.9 Å². The Bertz CT molecular complexity index is 2000. The molecule has 5 rings (SSSR count). The SMILES string of the molecule is C#C[C@]12O/C=C/[C@H](OC)[C@@H](CC)[C@@H](OC(C)=O)[C@H](C)[C@H](O)[C@H](C)[C@@H](O)[C@@H](C)/C=C/C=C(/C)C(=O)NC3=C4CN(C5(CCN(CC(C)C)CC5)N4)C(O)(CC3=O)/C(C)=C(/O1)C(=C)C2=O. The van der Waals surface area contributed by atoms with Crippen molar-refractivity contribution in [1.82, 2.24) is 20.4 Å². The van der Waals surface area contributed by atoms with Crippen LogP contribution in [0.4, 0.5) is 0 Å². The zero-order valence-electron chi connectivity index (χ0n) is 38.5. The third-order valence-corrected chi connectivity index (χ3v) is 13.6. The van der Waals surface area contributed by atoms with Crippen molar-refractivity contribution in [3.8, 4) is 12.3 Å². The fourth-order valence-corrected chi connectivity index (χ4v) is 9.81. The average Bonchev–Trinajstić information content (AvgIpc) is 3.70. The number of allylic oxidation sites excluding steroid dienone is 4. The number of ketones is 2. The number of amides is 1. The van der Waals surface area contributed by atoms with E-state index >= 15 is 0 Å². The van der Waals surface area contributed by atoms with E-state index in [0.29, 0.717) is 44.0 Å². The van der Waals surface area contributed by atoms with Crippen molar-refractivity contribution in [2.45, 2.75) is 130 Å². The highest BCUT2D eigenvalue weighted by Crippen LogP contribution is 2.47. The number of hydrogen-bond donors (Lipinski definition) is 5. The van der Waals surface area contributed by atoms with Crippen LogP contribution in [0.25, 0.3) is 0 Å². The van der Waals surface area contributed by atoms with E-state index in [0.717, 1.165) is 6.54 Å². The van der Waals surface area contributed by atoms with Crippen LogP contribution in [0.15, 0.2) is 71.0 Å². The van der Waals surface area contributed by atoms with Crippen molar-refractivity contribution in [1.29, 1.82) is 0 Å². The molecule has 0 aliphatic carbocycles. The molecule has 1 spiro atoms. The molecule has 3 saturated heterocycles. The second kappa shape index (κ2) is 19.7. The molecule has 6 bridgehead atoms. The third-order valence-electron chi connectivity index (χ3n) is 13.6. The van der Waals surface area contributed by atoms with Gasteiger partial charge in [0.15, 0.2) is 11.5 Å². The summed E-state index contributed by atoms with van der Waals surface area (Å²) in [5.74, 6) is -4.64. The summed E-state index contributed by atoms with van der Waals surface area (Å²) in [6, 6.07) is 0. The second-order valence-corrected chi connectivity index (χ2v) is 18.4. The zero-order valence-corrected chi connectivity index (χ0v) is 38.5. The van der Waals surface area contributed by atoms with Crippen LogP contribution in [0.2, 0.25) is 0 Å². The van der Waals surface area contributed by atoms with Gasteiger partial charge >= 0.3 is 11.8 Å². The summed E-state index contributed by atoms with van der Waals surface area (Å²) in [5, 5.41) is 42.6. The molecule has 5 N–H and O–H groups in total. The van der Waals surface area contributed by atoms with Gasteiger partial charge in [-0.15, -0.1) is 6.42 Å². The predicted octanol–water partition coefficient (Wildman–Crippen LogP) is 3.74. The average molecular weight is 877 g/mol. The lowest BCUT2D eigenvalue weighted by Gasteiger charge is -2.51. The number of ether oxygens (including phenoxy) is 4. The molecule has 15 nitrogen and oxygen atoms in total. The Morgan fingerprint density at radius 3 is 2.35 bits per heavy atom. The number of likely N-dealkylation sites (tertiary alicyclic amines) is 1. The number of aliphatic hydroxyl groups excluding tert-OH is 2. The summed E-state index contributed by atoms with van der Waals surface area (Å²) < 4.78 is 23.9. The van der Waals surface area contributed by atoms with E-state index in [9.17, 15) is 34.5 Å². The van der Waals surface area contributed by atoms with Gasteiger partial charge in [-0.25, -0.2) is 4.90 Å². The maximum Gasteiger partial charge on any atom is 0.383 e. The number of methoxy groups -OCH3 is 1. The standard InChI is InChI=1S/C48H68N4O11/c1-13-35-38(60-12)18-23-61-48(14-2)44(57)32(9)42(63-48)33(10)47(59)24-37(54)39(36-26-52(47)46(50-36)19-21-51(22-20-46)25-27(3)4)49-45(58)29(6)17-15-16-28(5)40(55)30(7)41(56)31(8)43(35)62-34(11)53/h2,15-18,23,27-28,30-31,35,38,40-41,43,50,55-56,59H,9,13,19-22,24-26H2,1,3-8,10-12H3,(H,49,58)/b16-15+,23-18+,29-17-,42-33+/t28-,30+,31+,35+,38-,40-,41+,43-,47?,48-/m0/s1. The first-order chi connectivity index (χ1) is 29.6. The van der Waals surface area contributed by atoms with E-state index in [1.54, 1.807) is 52.8 Å². The van der Waals surface area contributed by atoms with Crippen molar-refractivity contribution in [3.63, 3.8) is 0 Å². The molecule has 0 aromatic rings. The maximum atomic E-state index is 14.3. The van der Waals surface area contributed by atoms with Crippen LogP contribution in [-0.2, 0) is 38.1 Å². The molecule has 0 aromatic carbocycles. The van der Waals surface area contributed by atoms with Gasteiger partial charge in [-0.2, -0.15) is 0 Å². The Balaban J connectivity index is 1.65. The molecule has 3 fully saturated rings. The second-order valence-electron chi connectivity index (χ2n) is 18.4. The number of carbonyl (C=O) groups is 4. The summed E-state index contributed by atoms with van der Waals surface area (Å²) >= 11 is 0. The number of piperidine rings is 1. The largest absolute Gasteiger partial charge is 0.462 e. The number of fused-ring (bicyclic) bond motifs is 9. The van der Waals surface area contributed by atoms with Crippen molar-refractivity contribution >= 4 is 23.4 Å². The first-order valence-electron chi connectivity index (χ1n) is 22.1. The van der Waals surface area contributed by atoms with E-state index in [4.69, 9.17) is 25.4 Å². The number of Topliss-reactive ketones (excluding diaryl/α,β-unsaturated/α-hetero) is 2. The molecular weight excluding hydrogens is 809 g/mol. The predicted molar refractivity (Wildman–Crippen MR) is 235 cm³/mol. The highest BCUT2D eigenvalue weighted by Gasteiger charge is 2.60. The number of nitrogens with zero attached hydrogens (tertiary/aromatic N) is 2. The zero-order chi connectivity index (χ0) is 46.8. The van der Waals surface area contributed by atoms with Gasteiger partial charge in [0.25, 0.3) is 11.7 Å². The summed E-state index contributed by atoms with van der Waals surface area (Å²) in [5.41, 5.74) is -2.25. The Morgan fingerprint density at radius 2 is 1.76 bits per heavy atom. The number of terminal acetylenes is 1. The molecule has 346 valence electrons. The molecule has 15 heteroatoms. The Hall–Kier alpha value is -4.56. The van der Waals surface area contributed by atoms with Gasteiger partial charge in [0, 0.05) is 75.0 Å². The Morgan fingerprint density at radius 1 is 1.10 bits per heavy atom. The van der Waals surface area contributed by atoms with Gasteiger partial charge in [-0.05, 0) is 51.0 Å². The fourth-order valence-electron chi connectivity index (χ4n) is 9.81. The van der Waals surface area contributed by atoms with Crippen LogP contribution in [0, 0.1) is 41.9 Å². The molecule has 5 aliphatic heterocycles.